The maximum atomic E-state index is 12.7. The van der Waals surface area contributed by atoms with Gasteiger partial charge in [0.05, 0.1) is 6.07 Å². The van der Waals surface area contributed by atoms with E-state index in [0.717, 1.165) is 12.0 Å². The number of para-hydroxylation sites is 2. The molecule has 118 valence electrons. The van der Waals surface area contributed by atoms with E-state index in [-0.39, 0.29) is 23.5 Å². The molecule has 0 N–H and O–H groups in total. The monoisotopic (exact) mass is 336 g/mol. The van der Waals surface area contributed by atoms with Crippen molar-refractivity contribution in [2.45, 2.75) is 18.3 Å². The highest BCUT2D eigenvalue weighted by molar-refractivity contribution is 6.30. The number of fused-ring (bicyclic) bond motifs is 1. The van der Waals surface area contributed by atoms with Gasteiger partial charge in [0.2, 0.25) is 5.89 Å². The number of carbonyl (C=O) groups is 1. The lowest BCUT2D eigenvalue weighted by Gasteiger charge is -2.04. The summed E-state index contributed by atoms with van der Waals surface area (Å²) in [4.78, 5) is 17.0. The maximum absolute atomic E-state index is 12.7. The first-order valence-electron chi connectivity index (χ1n) is 7.71. The lowest BCUT2D eigenvalue weighted by molar-refractivity contribution is -0.121. The van der Waals surface area contributed by atoms with Crippen LogP contribution >= 0.6 is 11.6 Å². The van der Waals surface area contributed by atoms with Crippen LogP contribution in [0.5, 0.6) is 0 Å². The second-order valence-electron chi connectivity index (χ2n) is 5.99. The Balaban J connectivity index is 1.58. The lowest BCUT2D eigenvalue weighted by atomic mass is 9.99. The zero-order valence-corrected chi connectivity index (χ0v) is 13.4. The topological polar surface area (TPSA) is 66.9 Å². The van der Waals surface area contributed by atoms with Gasteiger partial charge in [-0.1, -0.05) is 35.9 Å². The van der Waals surface area contributed by atoms with E-state index in [2.05, 4.69) is 11.1 Å². The molecule has 0 spiro atoms. The number of nitrogens with zero attached hydrogens (tertiary/aromatic N) is 2. The molecule has 0 radical (unpaired) electrons. The number of carbonyl (C=O) groups excluding carboxylic acids is 1. The molecule has 3 unspecified atom stereocenters. The van der Waals surface area contributed by atoms with Crippen molar-refractivity contribution in [1.82, 2.24) is 4.98 Å². The zero-order chi connectivity index (χ0) is 16.7. The third-order valence-electron chi connectivity index (χ3n) is 4.40. The predicted octanol–water partition coefficient (Wildman–Crippen LogP) is 4.46. The molecule has 4 rings (SSSR count). The summed E-state index contributed by atoms with van der Waals surface area (Å²) in [5.41, 5.74) is 2.28. The Morgan fingerprint density at radius 3 is 2.88 bits per heavy atom. The normalized spacial score (nSPS) is 20.5. The summed E-state index contributed by atoms with van der Waals surface area (Å²) in [5.74, 6) is -0.972. The molecule has 3 aromatic rings. The molecule has 1 aliphatic carbocycles. The van der Waals surface area contributed by atoms with Gasteiger partial charge in [0.1, 0.15) is 5.52 Å². The van der Waals surface area contributed by atoms with Crippen molar-refractivity contribution in [2.75, 3.05) is 0 Å². The highest BCUT2D eigenvalue weighted by Crippen LogP contribution is 2.50. The minimum Gasteiger partial charge on any atom is -0.439 e. The molecule has 0 bridgehead atoms. The molecular weight excluding hydrogens is 324 g/mol. The lowest BCUT2D eigenvalue weighted by Crippen LogP contribution is -2.14. The van der Waals surface area contributed by atoms with Crippen LogP contribution in [0.2, 0.25) is 5.02 Å². The van der Waals surface area contributed by atoms with Gasteiger partial charge in [-0.3, -0.25) is 4.79 Å². The van der Waals surface area contributed by atoms with E-state index in [1.54, 1.807) is 18.2 Å². The molecule has 1 aromatic heterocycles. The SMILES string of the molecule is N#CC(C(=O)C1CC1c1cccc(Cl)c1)c1nc2ccccc2o1. The van der Waals surface area contributed by atoms with Gasteiger partial charge in [0, 0.05) is 10.9 Å². The molecule has 2 aromatic carbocycles. The summed E-state index contributed by atoms with van der Waals surface area (Å²) < 4.78 is 5.60. The largest absolute Gasteiger partial charge is 0.439 e. The summed E-state index contributed by atoms with van der Waals surface area (Å²) in [5, 5.41) is 10.1. The van der Waals surface area contributed by atoms with Gasteiger partial charge >= 0.3 is 0 Å². The number of aromatic nitrogens is 1. The van der Waals surface area contributed by atoms with Crippen LogP contribution in [0.4, 0.5) is 0 Å². The highest BCUT2D eigenvalue weighted by atomic mass is 35.5. The van der Waals surface area contributed by atoms with Gasteiger partial charge in [0.15, 0.2) is 17.3 Å². The van der Waals surface area contributed by atoms with Gasteiger partial charge < -0.3 is 4.42 Å². The van der Waals surface area contributed by atoms with Crippen LogP contribution in [0.15, 0.2) is 52.9 Å². The van der Waals surface area contributed by atoms with Gasteiger partial charge in [-0.2, -0.15) is 5.26 Å². The first kappa shape index (κ1) is 14.9. The van der Waals surface area contributed by atoms with Crippen molar-refractivity contribution >= 4 is 28.5 Å². The van der Waals surface area contributed by atoms with Crippen LogP contribution in [0.1, 0.15) is 29.7 Å². The summed E-state index contributed by atoms with van der Waals surface area (Å²) in [6.45, 7) is 0. The summed E-state index contributed by atoms with van der Waals surface area (Å²) >= 11 is 6.01. The third kappa shape index (κ3) is 2.57. The van der Waals surface area contributed by atoms with Crippen LogP contribution in [-0.4, -0.2) is 10.8 Å². The van der Waals surface area contributed by atoms with E-state index in [1.807, 2.05) is 30.3 Å². The van der Waals surface area contributed by atoms with Gasteiger partial charge in [-0.05, 0) is 42.2 Å². The molecule has 4 nitrogen and oxygen atoms in total. The first-order valence-corrected chi connectivity index (χ1v) is 8.09. The highest BCUT2D eigenvalue weighted by Gasteiger charge is 2.47. The van der Waals surface area contributed by atoms with E-state index >= 15 is 0 Å². The fraction of sp³-hybridized carbons (Fsp3) is 0.211. The predicted molar refractivity (Wildman–Crippen MR) is 89.7 cm³/mol. The summed E-state index contributed by atoms with van der Waals surface area (Å²) in [6.07, 6.45) is 0.734. The number of hydrogen-bond acceptors (Lipinski definition) is 4. The molecule has 1 saturated carbocycles. The van der Waals surface area contributed by atoms with Crippen molar-refractivity contribution in [2.24, 2.45) is 5.92 Å². The third-order valence-corrected chi connectivity index (χ3v) is 4.64. The molecule has 1 heterocycles. The number of oxazole rings is 1. The molecule has 0 saturated heterocycles. The van der Waals surface area contributed by atoms with Crippen molar-refractivity contribution < 1.29 is 9.21 Å². The van der Waals surface area contributed by atoms with Crippen LogP contribution < -0.4 is 0 Å². The molecule has 24 heavy (non-hydrogen) atoms. The smallest absolute Gasteiger partial charge is 0.220 e. The van der Waals surface area contributed by atoms with Crippen LogP contribution in [0.25, 0.3) is 11.1 Å². The number of ketones is 1. The van der Waals surface area contributed by atoms with Crippen LogP contribution in [0, 0.1) is 17.2 Å². The molecule has 1 fully saturated rings. The quantitative estimate of drug-likeness (QED) is 0.705. The van der Waals surface area contributed by atoms with Gasteiger partial charge in [-0.25, -0.2) is 4.98 Å². The number of hydrogen-bond donors (Lipinski definition) is 0. The first-order chi connectivity index (χ1) is 11.7. The average Bonchev–Trinajstić information content (AvgIpc) is 3.28. The zero-order valence-electron chi connectivity index (χ0n) is 12.6. The Kier molecular flexibility index (Phi) is 3.59. The Hall–Kier alpha value is -2.64. The Labute approximate surface area is 143 Å². The van der Waals surface area contributed by atoms with Crippen molar-refractivity contribution in [3.63, 3.8) is 0 Å². The molecule has 0 amide bonds. The van der Waals surface area contributed by atoms with Crippen molar-refractivity contribution in [3.8, 4) is 6.07 Å². The van der Waals surface area contributed by atoms with Crippen LogP contribution in [0.3, 0.4) is 0 Å². The fourth-order valence-electron chi connectivity index (χ4n) is 3.08. The van der Waals surface area contributed by atoms with E-state index in [9.17, 15) is 10.1 Å². The van der Waals surface area contributed by atoms with Gasteiger partial charge in [0.25, 0.3) is 0 Å². The van der Waals surface area contributed by atoms with E-state index in [4.69, 9.17) is 16.0 Å². The summed E-state index contributed by atoms with van der Waals surface area (Å²) in [7, 11) is 0. The van der Waals surface area contributed by atoms with E-state index in [0.29, 0.717) is 16.1 Å². The second kappa shape index (κ2) is 5.77. The Morgan fingerprint density at radius 2 is 2.12 bits per heavy atom. The van der Waals surface area contributed by atoms with Crippen LogP contribution in [-0.2, 0) is 4.79 Å². The summed E-state index contributed by atoms with van der Waals surface area (Å²) in [6, 6.07) is 16.8. The number of Topliss-reactive ketones (excluding diaryl/α,β-unsaturated/α-hetero) is 1. The number of halogens is 1. The fourth-order valence-corrected chi connectivity index (χ4v) is 3.28. The van der Waals surface area contributed by atoms with Crippen molar-refractivity contribution in [3.05, 3.63) is 65.0 Å². The van der Waals surface area contributed by atoms with E-state index < -0.39 is 5.92 Å². The minimum absolute atomic E-state index is 0.122. The van der Waals surface area contributed by atoms with Crippen molar-refractivity contribution in [1.29, 1.82) is 5.26 Å². The minimum atomic E-state index is -0.966. The Morgan fingerprint density at radius 1 is 1.29 bits per heavy atom. The molecule has 0 aliphatic heterocycles. The van der Waals surface area contributed by atoms with Gasteiger partial charge in [-0.15, -0.1) is 0 Å². The van der Waals surface area contributed by atoms with E-state index in [1.165, 1.54) is 0 Å². The molecule has 3 atom stereocenters. The average molecular weight is 337 g/mol. The molecule has 1 aliphatic rings. The number of nitriles is 1. The maximum Gasteiger partial charge on any atom is 0.220 e. The Bertz CT molecular complexity index is 940. The molecule has 5 heteroatoms. The molecular formula is C19H13ClN2O2. The standard InChI is InChI=1S/C19H13ClN2O2/c20-12-5-3-4-11(8-12)13-9-14(13)18(23)15(10-21)19-22-16-6-1-2-7-17(16)24-19/h1-8,13-15H,9H2. The second-order valence-corrected chi connectivity index (χ2v) is 6.42. The number of benzene rings is 2. The number of rotatable bonds is 4.